The van der Waals surface area contributed by atoms with E-state index in [2.05, 4.69) is 15.7 Å². The van der Waals surface area contributed by atoms with Crippen molar-refractivity contribution in [1.82, 2.24) is 15.6 Å². The van der Waals surface area contributed by atoms with Gasteiger partial charge in [-0.2, -0.15) is 0 Å². The second-order valence-electron chi connectivity index (χ2n) is 3.75. The minimum Gasteiger partial charge on any atom is -0.383 e. The zero-order chi connectivity index (χ0) is 12.7. The summed E-state index contributed by atoms with van der Waals surface area (Å²) in [6.45, 7) is 4.33. The number of rotatable bonds is 4. The molecule has 1 rings (SSSR count). The molecule has 1 heterocycles. The number of hydrazine groups is 1. The van der Waals surface area contributed by atoms with Crippen molar-refractivity contribution in [2.24, 2.45) is 10.8 Å². The standard InChI is InChI=1S/C10H21N5O2/c1-3-8-9(16)12-4-6-15(8)10(14-11)13-5-7-17-2/h8H,3-7,11H2,1-2H3,(H,12,16)(H,13,14). The lowest BCUT2D eigenvalue weighted by Gasteiger charge is -2.36. The van der Waals surface area contributed by atoms with E-state index in [4.69, 9.17) is 10.6 Å². The maximum Gasteiger partial charge on any atom is 0.242 e. The molecule has 0 aromatic rings. The third kappa shape index (κ3) is 3.57. The quantitative estimate of drug-likeness (QED) is 0.187. The van der Waals surface area contributed by atoms with Gasteiger partial charge < -0.3 is 15.0 Å². The summed E-state index contributed by atoms with van der Waals surface area (Å²) >= 11 is 0. The Hall–Kier alpha value is -1.34. The van der Waals surface area contributed by atoms with Crippen LogP contribution < -0.4 is 16.6 Å². The average molecular weight is 243 g/mol. The molecule has 1 unspecified atom stereocenters. The summed E-state index contributed by atoms with van der Waals surface area (Å²) in [5, 5.41) is 2.83. The number of piperazine rings is 1. The van der Waals surface area contributed by atoms with Crippen molar-refractivity contribution in [3.63, 3.8) is 0 Å². The predicted molar refractivity (Wildman–Crippen MR) is 65.3 cm³/mol. The number of hydrogen-bond donors (Lipinski definition) is 3. The van der Waals surface area contributed by atoms with Crippen molar-refractivity contribution < 1.29 is 9.53 Å². The van der Waals surface area contributed by atoms with Crippen molar-refractivity contribution in [3.8, 4) is 0 Å². The van der Waals surface area contributed by atoms with Gasteiger partial charge in [-0.05, 0) is 6.42 Å². The molecule has 0 bridgehead atoms. The van der Waals surface area contributed by atoms with Crippen LogP contribution in [0.4, 0.5) is 0 Å². The van der Waals surface area contributed by atoms with Gasteiger partial charge in [0.25, 0.3) is 0 Å². The van der Waals surface area contributed by atoms with Crippen LogP contribution in [0.15, 0.2) is 4.99 Å². The molecule has 0 saturated carbocycles. The first-order valence-electron chi connectivity index (χ1n) is 5.79. The molecule has 1 aliphatic rings. The molecular weight excluding hydrogens is 222 g/mol. The molecule has 0 aliphatic carbocycles. The summed E-state index contributed by atoms with van der Waals surface area (Å²) in [7, 11) is 1.62. The Labute approximate surface area is 101 Å². The summed E-state index contributed by atoms with van der Waals surface area (Å²) in [5.74, 6) is 6.02. The van der Waals surface area contributed by atoms with Crippen molar-refractivity contribution in [3.05, 3.63) is 0 Å². The van der Waals surface area contributed by atoms with E-state index >= 15 is 0 Å². The van der Waals surface area contributed by atoms with Gasteiger partial charge in [-0.3, -0.25) is 10.2 Å². The maximum atomic E-state index is 11.7. The van der Waals surface area contributed by atoms with E-state index < -0.39 is 0 Å². The Bertz CT molecular complexity index is 282. The van der Waals surface area contributed by atoms with Gasteiger partial charge in [0.15, 0.2) is 0 Å². The van der Waals surface area contributed by atoms with Crippen LogP contribution in [0.2, 0.25) is 0 Å². The number of methoxy groups -OCH3 is 1. The number of carbonyl (C=O) groups is 1. The van der Waals surface area contributed by atoms with E-state index in [1.807, 2.05) is 11.8 Å². The molecule has 0 aromatic carbocycles. The molecule has 98 valence electrons. The highest BCUT2D eigenvalue weighted by Crippen LogP contribution is 2.08. The SMILES string of the molecule is CCC1C(=O)NCCN1C(=NCCOC)NN. The summed E-state index contributed by atoms with van der Waals surface area (Å²) in [4.78, 5) is 17.9. The van der Waals surface area contributed by atoms with Crippen LogP contribution in [0.5, 0.6) is 0 Å². The van der Waals surface area contributed by atoms with E-state index in [1.54, 1.807) is 7.11 Å². The van der Waals surface area contributed by atoms with Gasteiger partial charge in [-0.1, -0.05) is 6.92 Å². The molecule has 1 amide bonds. The lowest BCUT2D eigenvalue weighted by atomic mass is 10.1. The van der Waals surface area contributed by atoms with Crippen LogP contribution in [0, 0.1) is 0 Å². The van der Waals surface area contributed by atoms with Crippen LogP contribution >= 0.6 is 0 Å². The maximum absolute atomic E-state index is 11.7. The minimum atomic E-state index is -0.207. The van der Waals surface area contributed by atoms with E-state index in [9.17, 15) is 4.79 Å². The van der Waals surface area contributed by atoms with Gasteiger partial charge in [0.2, 0.25) is 11.9 Å². The number of ether oxygens (including phenoxy) is 1. The zero-order valence-corrected chi connectivity index (χ0v) is 10.4. The average Bonchev–Trinajstić information content (AvgIpc) is 2.34. The minimum absolute atomic E-state index is 0.0217. The summed E-state index contributed by atoms with van der Waals surface area (Å²) < 4.78 is 4.92. The Morgan fingerprint density at radius 3 is 3.12 bits per heavy atom. The third-order valence-electron chi connectivity index (χ3n) is 2.68. The Balaban J connectivity index is 2.71. The molecule has 0 radical (unpaired) electrons. The monoisotopic (exact) mass is 243 g/mol. The van der Waals surface area contributed by atoms with Crippen molar-refractivity contribution in [2.75, 3.05) is 33.4 Å². The van der Waals surface area contributed by atoms with Gasteiger partial charge in [0.05, 0.1) is 13.2 Å². The third-order valence-corrected chi connectivity index (χ3v) is 2.68. The summed E-state index contributed by atoms with van der Waals surface area (Å²) in [5.41, 5.74) is 2.56. The molecule has 1 saturated heterocycles. The smallest absolute Gasteiger partial charge is 0.242 e. The van der Waals surface area contributed by atoms with Crippen molar-refractivity contribution in [2.45, 2.75) is 19.4 Å². The fourth-order valence-corrected chi connectivity index (χ4v) is 1.84. The van der Waals surface area contributed by atoms with E-state index in [0.717, 1.165) is 6.42 Å². The first-order chi connectivity index (χ1) is 8.24. The molecule has 0 spiro atoms. The molecule has 7 nitrogen and oxygen atoms in total. The largest absolute Gasteiger partial charge is 0.383 e. The molecule has 1 fully saturated rings. The Morgan fingerprint density at radius 1 is 1.76 bits per heavy atom. The Morgan fingerprint density at radius 2 is 2.53 bits per heavy atom. The fraction of sp³-hybridized carbons (Fsp3) is 0.800. The number of carbonyl (C=O) groups excluding carboxylic acids is 1. The van der Waals surface area contributed by atoms with Crippen LogP contribution in [0.25, 0.3) is 0 Å². The molecule has 0 aromatic heterocycles. The molecule has 7 heteroatoms. The molecule has 1 atom stereocenters. The molecule has 4 N–H and O–H groups in total. The van der Waals surface area contributed by atoms with Gasteiger partial charge in [0, 0.05) is 20.2 Å². The Kier molecular flexibility index (Phi) is 5.71. The molecule has 1 aliphatic heterocycles. The highest BCUT2D eigenvalue weighted by Gasteiger charge is 2.29. The lowest BCUT2D eigenvalue weighted by molar-refractivity contribution is -0.127. The molecule has 17 heavy (non-hydrogen) atoms. The molecular formula is C10H21N5O2. The summed E-state index contributed by atoms with van der Waals surface area (Å²) in [6, 6.07) is -0.207. The van der Waals surface area contributed by atoms with Crippen LogP contribution in [-0.2, 0) is 9.53 Å². The predicted octanol–water partition coefficient (Wildman–Crippen LogP) is -1.34. The van der Waals surface area contributed by atoms with Gasteiger partial charge in [-0.15, -0.1) is 0 Å². The van der Waals surface area contributed by atoms with Gasteiger partial charge >= 0.3 is 0 Å². The lowest BCUT2D eigenvalue weighted by Crippen LogP contribution is -2.60. The number of nitrogens with two attached hydrogens (primary N) is 1. The first-order valence-corrected chi connectivity index (χ1v) is 5.79. The van der Waals surface area contributed by atoms with Gasteiger partial charge in [-0.25, -0.2) is 10.8 Å². The number of hydrogen-bond acceptors (Lipinski definition) is 4. The van der Waals surface area contributed by atoms with Crippen LogP contribution in [0.1, 0.15) is 13.3 Å². The van der Waals surface area contributed by atoms with Gasteiger partial charge in [0.1, 0.15) is 6.04 Å². The highest BCUT2D eigenvalue weighted by atomic mass is 16.5. The van der Waals surface area contributed by atoms with E-state index in [0.29, 0.717) is 32.2 Å². The number of amides is 1. The van der Waals surface area contributed by atoms with Crippen LogP contribution in [0.3, 0.4) is 0 Å². The second-order valence-corrected chi connectivity index (χ2v) is 3.75. The van der Waals surface area contributed by atoms with Crippen molar-refractivity contribution >= 4 is 11.9 Å². The first kappa shape index (κ1) is 13.7. The summed E-state index contributed by atoms with van der Waals surface area (Å²) in [6.07, 6.45) is 0.719. The van der Waals surface area contributed by atoms with Crippen molar-refractivity contribution in [1.29, 1.82) is 0 Å². The van der Waals surface area contributed by atoms with Crippen LogP contribution in [-0.4, -0.2) is 56.2 Å². The topological polar surface area (TPSA) is 92.0 Å². The normalized spacial score (nSPS) is 21.4. The number of guanidine groups is 1. The number of nitrogens with zero attached hydrogens (tertiary/aromatic N) is 2. The number of aliphatic imine (C=N–C) groups is 1. The number of nitrogens with one attached hydrogen (secondary N) is 2. The second kappa shape index (κ2) is 7.08. The van der Waals surface area contributed by atoms with E-state index in [1.165, 1.54) is 0 Å². The van der Waals surface area contributed by atoms with E-state index in [-0.39, 0.29) is 11.9 Å². The zero-order valence-electron chi connectivity index (χ0n) is 10.4. The fourth-order valence-electron chi connectivity index (χ4n) is 1.84. The highest BCUT2D eigenvalue weighted by molar-refractivity contribution is 5.89.